The van der Waals surface area contributed by atoms with Crippen molar-refractivity contribution in [2.75, 3.05) is 0 Å². The zero-order chi connectivity index (χ0) is 12.8. The zero-order valence-electron chi connectivity index (χ0n) is 12.8. The van der Waals surface area contributed by atoms with Crippen molar-refractivity contribution in [2.45, 2.75) is 97.3 Å². The summed E-state index contributed by atoms with van der Waals surface area (Å²) in [5.41, 5.74) is 0.691. The number of rotatable bonds is 5. The summed E-state index contributed by atoms with van der Waals surface area (Å²) >= 11 is 0. The lowest BCUT2D eigenvalue weighted by molar-refractivity contribution is 0.0294. The molecule has 2 fully saturated rings. The van der Waals surface area contributed by atoms with Crippen LogP contribution in [0.15, 0.2) is 0 Å². The third-order valence-corrected chi connectivity index (χ3v) is 6.14. The summed E-state index contributed by atoms with van der Waals surface area (Å²) in [5.74, 6) is 2.11. The second-order valence-corrected chi connectivity index (χ2v) is 7.28. The van der Waals surface area contributed by atoms with E-state index in [1.165, 1.54) is 83.5 Å². The van der Waals surface area contributed by atoms with Gasteiger partial charge in [-0.1, -0.05) is 65.2 Å². The maximum atomic E-state index is 2.68. The van der Waals surface area contributed by atoms with E-state index in [-0.39, 0.29) is 0 Å². The fourth-order valence-electron chi connectivity index (χ4n) is 4.82. The van der Waals surface area contributed by atoms with Crippen LogP contribution in [0.3, 0.4) is 0 Å². The van der Waals surface area contributed by atoms with Crippen molar-refractivity contribution in [1.29, 1.82) is 0 Å². The molecule has 0 spiro atoms. The Balaban J connectivity index is 2.04. The van der Waals surface area contributed by atoms with E-state index in [9.17, 15) is 0 Å². The Hall–Kier alpha value is 0. The van der Waals surface area contributed by atoms with E-state index in [4.69, 9.17) is 0 Å². The van der Waals surface area contributed by atoms with Crippen LogP contribution in [0.4, 0.5) is 0 Å². The predicted molar refractivity (Wildman–Crippen MR) is 80.8 cm³/mol. The molecule has 0 saturated heterocycles. The third kappa shape index (κ3) is 3.31. The Morgan fingerprint density at radius 2 is 1.22 bits per heavy atom. The van der Waals surface area contributed by atoms with Crippen molar-refractivity contribution in [2.24, 2.45) is 17.3 Å². The summed E-state index contributed by atoms with van der Waals surface area (Å²) in [6.45, 7) is 5.04. The molecular formula is C18H34. The maximum absolute atomic E-state index is 2.68. The quantitative estimate of drug-likeness (QED) is 0.534. The predicted octanol–water partition coefficient (Wildman–Crippen LogP) is 6.34. The van der Waals surface area contributed by atoms with Gasteiger partial charge in [0.1, 0.15) is 0 Å². The number of hydrogen-bond acceptors (Lipinski definition) is 0. The summed E-state index contributed by atoms with van der Waals surface area (Å²) in [4.78, 5) is 0. The van der Waals surface area contributed by atoms with Gasteiger partial charge in [-0.2, -0.15) is 0 Å². The van der Waals surface area contributed by atoms with E-state index in [0.29, 0.717) is 5.41 Å². The molecule has 106 valence electrons. The van der Waals surface area contributed by atoms with Crippen molar-refractivity contribution in [3.8, 4) is 0 Å². The molecule has 0 aliphatic heterocycles. The van der Waals surface area contributed by atoms with Crippen LogP contribution >= 0.6 is 0 Å². The van der Waals surface area contributed by atoms with Crippen LogP contribution in [0, 0.1) is 17.3 Å². The average molecular weight is 250 g/mol. The minimum Gasteiger partial charge on any atom is -0.0654 e. The monoisotopic (exact) mass is 250 g/mol. The van der Waals surface area contributed by atoms with Gasteiger partial charge in [-0.15, -0.1) is 0 Å². The van der Waals surface area contributed by atoms with Crippen molar-refractivity contribution < 1.29 is 0 Å². The smallest absolute Gasteiger partial charge is 0.0269 e. The van der Waals surface area contributed by atoms with E-state index >= 15 is 0 Å². The van der Waals surface area contributed by atoms with Crippen LogP contribution in [0.25, 0.3) is 0 Å². The largest absolute Gasteiger partial charge is 0.0654 e. The second kappa shape index (κ2) is 6.96. The molecule has 0 bridgehead atoms. The van der Waals surface area contributed by atoms with Crippen molar-refractivity contribution in [3.63, 3.8) is 0 Å². The Bertz CT molecular complexity index is 200. The first-order valence-corrected chi connectivity index (χ1v) is 8.77. The fourth-order valence-corrected chi connectivity index (χ4v) is 4.82. The van der Waals surface area contributed by atoms with Gasteiger partial charge in [0.05, 0.1) is 0 Å². The molecule has 0 nitrogen and oxygen atoms in total. The number of unbranched alkanes of at least 4 members (excludes halogenated alkanes) is 1. The minimum absolute atomic E-state index is 0.691. The van der Waals surface area contributed by atoms with Crippen molar-refractivity contribution in [3.05, 3.63) is 0 Å². The lowest BCUT2D eigenvalue weighted by atomic mass is 9.58. The molecule has 0 atom stereocenters. The molecule has 0 aromatic carbocycles. The number of hydrogen-bond donors (Lipinski definition) is 0. The first-order valence-electron chi connectivity index (χ1n) is 8.77. The van der Waals surface area contributed by atoms with Gasteiger partial charge in [0.15, 0.2) is 0 Å². The molecule has 18 heavy (non-hydrogen) atoms. The molecule has 0 unspecified atom stereocenters. The van der Waals surface area contributed by atoms with Gasteiger partial charge in [0, 0.05) is 0 Å². The first-order chi connectivity index (χ1) is 8.77. The van der Waals surface area contributed by atoms with E-state index in [1.807, 2.05) is 0 Å². The molecule has 0 heteroatoms. The molecule has 0 N–H and O–H groups in total. The van der Waals surface area contributed by atoms with E-state index in [2.05, 4.69) is 13.8 Å². The molecule has 2 saturated carbocycles. The third-order valence-electron chi connectivity index (χ3n) is 6.14. The van der Waals surface area contributed by atoms with Crippen LogP contribution < -0.4 is 0 Å². The lowest BCUT2D eigenvalue weighted by Gasteiger charge is -2.47. The highest BCUT2D eigenvalue weighted by atomic mass is 14.5. The van der Waals surface area contributed by atoms with Gasteiger partial charge in [0.25, 0.3) is 0 Å². The molecule has 2 rings (SSSR count). The molecule has 0 heterocycles. The van der Waals surface area contributed by atoms with E-state index < -0.39 is 0 Å². The Labute approximate surface area is 115 Å². The van der Waals surface area contributed by atoms with Crippen LogP contribution in [0.1, 0.15) is 97.3 Å². The van der Waals surface area contributed by atoms with Gasteiger partial charge >= 0.3 is 0 Å². The van der Waals surface area contributed by atoms with E-state index in [0.717, 1.165) is 11.8 Å². The van der Waals surface area contributed by atoms with Gasteiger partial charge in [-0.3, -0.25) is 0 Å². The first kappa shape index (κ1) is 14.4. The van der Waals surface area contributed by atoms with Gasteiger partial charge in [0.2, 0.25) is 0 Å². The highest BCUT2D eigenvalue weighted by Gasteiger charge is 2.40. The van der Waals surface area contributed by atoms with E-state index in [1.54, 1.807) is 0 Å². The summed E-state index contributed by atoms with van der Waals surface area (Å²) in [5, 5.41) is 0. The van der Waals surface area contributed by atoms with Gasteiger partial charge < -0.3 is 0 Å². The van der Waals surface area contributed by atoms with Crippen LogP contribution in [-0.2, 0) is 0 Å². The summed E-state index contributed by atoms with van der Waals surface area (Å²) in [6, 6.07) is 0. The Morgan fingerprint density at radius 3 is 1.61 bits per heavy atom. The highest BCUT2D eigenvalue weighted by Crippen LogP contribution is 2.51. The van der Waals surface area contributed by atoms with Gasteiger partial charge in [-0.05, 0) is 49.4 Å². The molecule has 0 aromatic heterocycles. The second-order valence-electron chi connectivity index (χ2n) is 7.28. The molecule has 0 amide bonds. The van der Waals surface area contributed by atoms with Crippen molar-refractivity contribution in [1.82, 2.24) is 0 Å². The fraction of sp³-hybridized carbons (Fsp3) is 1.00. The average Bonchev–Trinajstić information content (AvgIpc) is 2.46. The highest BCUT2D eigenvalue weighted by molar-refractivity contribution is 4.91. The Kier molecular flexibility index (Phi) is 5.57. The molecular weight excluding hydrogens is 216 g/mol. The topological polar surface area (TPSA) is 0 Å². The van der Waals surface area contributed by atoms with Crippen LogP contribution in [0.5, 0.6) is 0 Å². The maximum Gasteiger partial charge on any atom is -0.0269 e. The normalized spacial score (nSPS) is 24.3. The van der Waals surface area contributed by atoms with Gasteiger partial charge in [-0.25, -0.2) is 0 Å². The molecule has 2 aliphatic carbocycles. The summed E-state index contributed by atoms with van der Waals surface area (Å²) in [6.07, 6.45) is 19.6. The van der Waals surface area contributed by atoms with Crippen LogP contribution in [0.2, 0.25) is 0 Å². The Morgan fingerprint density at radius 1 is 0.778 bits per heavy atom. The van der Waals surface area contributed by atoms with Crippen molar-refractivity contribution >= 4 is 0 Å². The summed E-state index contributed by atoms with van der Waals surface area (Å²) in [7, 11) is 0. The minimum atomic E-state index is 0.691. The molecule has 0 radical (unpaired) electrons. The molecule has 0 aromatic rings. The summed E-state index contributed by atoms with van der Waals surface area (Å²) < 4.78 is 0. The lowest BCUT2D eigenvalue weighted by Crippen LogP contribution is -2.37. The molecule has 2 aliphatic rings. The SMILES string of the molecule is CCCCC(C)(C1CCCCC1)C1CCCCC1. The standard InChI is InChI=1S/C18H34/c1-3-4-15-18(2,16-11-7-5-8-12-16)17-13-9-6-10-14-17/h16-17H,3-15H2,1-2H3. The zero-order valence-corrected chi connectivity index (χ0v) is 12.8. The van der Waals surface area contributed by atoms with Crippen LogP contribution in [-0.4, -0.2) is 0 Å².